The zero-order valence-corrected chi connectivity index (χ0v) is 15.4. The summed E-state index contributed by atoms with van der Waals surface area (Å²) in [6, 6.07) is 14.8. The van der Waals surface area contributed by atoms with Gasteiger partial charge in [0.1, 0.15) is 5.69 Å². The average Bonchev–Trinajstić information content (AvgIpc) is 2.69. The van der Waals surface area contributed by atoms with Crippen LogP contribution in [-0.4, -0.2) is 38.1 Å². The van der Waals surface area contributed by atoms with Gasteiger partial charge in [-0.2, -0.15) is 0 Å². The number of nitrogens with one attached hydrogen (secondary N) is 1. The number of nitro groups is 1. The van der Waals surface area contributed by atoms with Crippen molar-refractivity contribution in [3.63, 3.8) is 0 Å². The number of carbonyl (C=O) groups excluding carboxylic acids is 1. The molecule has 0 saturated carbocycles. The van der Waals surface area contributed by atoms with Crippen LogP contribution < -0.4 is 10.2 Å². The van der Waals surface area contributed by atoms with Gasteiger partial charge in [-0.05, 0) is 36.3 Å². The molecule has 0 amide bonds. The van der Waals surface area contributed by atoms with Gasteiger partial charge in [-0.1, -0.05) is 24.3 Å². The number of rotatable bonds is 9. The van der Waals surface area contributed by atoms with E-state index in [1.165, 1.54) is 25.3 Å². The lowest BCUT2D eigenvalue weighted by Gasteiger charge is -2.19. The van der Waals surface area contributed by atoms with E-state index in [-0.39, 0.29) is 5.69 Å². The van der Waals surface area contributed by atoms with Gasteiger partial charge in [0, 0.05) is 38.0 Å². The fraction of sp³-hybridized carbons (Fsp3) is 0.250. The van der Waals surface area contributed by atoms with Crippen LogP contribution in [0.5, 0.6) is 0 Å². The number of anilines is 2. The summed E-state index contributed by atoms with van der Waals surface area (Å²) in [7, 11) is 3.11. The second-order valence-electron chi connectivity index (χ2n) is 5.93. The van der Waals surface area contributed by atoms with Gasteiger partial charge < -0.3 is 15.0 Å². The molecule has 0 fully saturated rings. The molecule has 0 aromatic heterocycles. The minimum Gasteiger partial charge on any atom is -0.466 e. The van der Waals surface area contributed by atoms with E-state index < -0.39 is 10.9 Å². The Morgan fingerprint density at radius 2 is 2.00 bits per heavy atom. The fourth-order valence-corrected chi connectivity index (χ4v) is 2.57. The first-order chi connectivity index (χ1) is 13.0. The Kier molecular flexibility index (Phi) is 7.37. The van der Waals surface area contributed by atoms with Crippen molar-refractivity contribution in [3.05, 3.63) is 70.3 Å². The highest BCUT2D eigenvalue weighted by Gasteiger charge is 2.17. The number of benzene rings is 2. The zero-order valence-electron chi connectivity index (χ0n) is 15.4. The summed E-state index contributed by atoms with van der Waals surface area (Å²) in [4.78, 5) is 24.1. The van der Waals surface area contributed by atoms with Crippen LogP contribution in [0.15, 0.2) is 54.6 Å². The van der Waals surface area contributed by atoms with Gasteiger partial charge in [-0.15, -0.1) is 0 Å². The molecule has 0 radical (unpaired) electrons. The predicted molar refractivity (Wildman–Crippen MR) is 107 cm³/mol. The van der Waals surface area contributed by atoms with Crippen LogP contribution >= 0.6 is 0 Å². The van der Waals surface area contributed by atoms with Crippen molar-refractivity contribution < 1.29 is 14.5 Å². The Morgan fingerprint density at radius 3 is 2.67 bits per heavy atom. The van der Waals surface area contributed by atoms with Crippen LogP contribution in [0.3, 0.4) is 0 Å². The molecule has 0 aliphatic rings. The van der Waals surface area contributed by atoms with Crippen molar-refractivity contribution in [3.8, 4) is 0 Å². The van der Waals surface area contributed by atoms with E-state index in [0.717, 1.165) is 18.7 Å². The molecule has 27 heavy (non-hydrogen) atoms. The van der Waals surface area contributed by atoms with Crippen LogP contribution in [0.1, 0.15) is 12.0 Å². The Morgan fingerprint density at radius 1 is 1.26 bits per heavy atom. The van der Waals surface area contributed by atoms with Crippen molar-refractivity contribution >= 4 is 29.1 Å². The molecule has 0 unspecified atom stereocenters. The molecule has 2 aromatic rings. The van der Waals surface area contributed by atoms with Crippen molar-refractivity contribution in [1.82, 2.24) is 0 Å². The largest absolute Gasteiger partial charge is 0.466 e. The van der Waals surface area contributed by atoms with Gasteiger partial charge in [-0.25, -0.2) is 4.79 Å². The smallest absolute Gasteiger partial charge is 0.330 e. The van der Waals surface area contributed by atoms with Gasteiger partial charge >= 0.3 is 5.97 Å². The molecule has 0 bridgehead atoms. The first kappa shape index (κ1) is 20.0. The SMILES string of the molecule is COC(=O)/C=C\c1ccc(N(C)CCCNc2ccccc2)c([N+](=O)[O-])c1. The quantitative estimate of drug-likeness (QED) is 0.238. The lowest BCUT2D eigenvalue weighted by atomic mass is 10.1. The summed E-state index contributed by atoms with van der Waals surface area (Å²) in [5, 5.41) is 14.8. The Labute approximate surface area is 158 Å². The van der Waals surface area contributed by atoms with Gasteiger partial charge in [-0.3, -0.25) is 10.1 Å². The second-order valence-corrected chi connectivity index (χ2v) is 5.93. The average molecular weight is 369 g/mol. The minimum atomic E-state index is -0.509. The molecule has 0 aliphatic carbocycles. The van der Waals surface area contributed by atoms with Gasteiger partial charge in [0.05, 0.1) is 12.0 Å². The molecule has 7 heteroatoms. The number of hydrogen-bond acceptors (Lipinski definition) is 6. The van der Waals surface area contributed by atoms with E-state index in [0.29, 0.717) is 17.8 Å². The van der Waals surface area contributed by atoms with E-state index >= 15 is 0 Å². The van der Waals surface area contributed by atoms with Crippen molar-refractivity contribution in [2.24, 2.45) is 0 Å². The number of esters is 1. The fourth-order valence-electron chi connectivity index (χ4n) is 2.57. The molecule has 0 heterocycles. The second kappa shape index (κ2) is 9.96. The van der Waals surface area contributed by atoms with E-state index in [1.54, 1.807) is 12.1 Å². The van der Waals surface area contributed by atoms with Crippen molar-refractivity contribution in [2.75, 3.05) is 37.5 Å². The highest BCUT2D eigenvalue weighted by molar-refractivity contribution is 5.87. The monoisotopic (exact) mass is 369 g/mol. The van der Waals surface area contributed by atoms with Gasteiger partial charge in [0.15, 0.2) is 0 Å². The third-order valence-corrected chi connectivity index (χ3v) is 3.99. The normalized spacial score (nSPS) is 10.6. The predicted octanol–water partition coefficient (Wildman–Crippen LogP) is 3.72. The Bertz CT molecular complexity index is 806. The number of nitro benzene ring substituents is 1. The Balaban J connectivity index is 1.99. The molecule has 2 rings (SSSR count). The summed E-state index contributed by atoms with van der Waals surface area (Å²) in [6.07, 6.45) is 3.55. The summed E-state index contributed by atoms with van der Waals surface area (Å²) < 4.78 is 4.52. The third-order valence-electron chi connectivity index (χ3n) is 3.99. The number of ether oxygens (including phenoxy) is 1. The summed E-state index contributed by atoms with van der Waals surface area (Å²) >= 11 is 0. The topological polar surface area (TPSA) is 84.7 Å². The number of para-hydroxylation sites is 1. The number of hydrogen-bond donors (Lipinski definition) is 1. The molecule has 0 saturated heterocycles. The first-order valence-electron chi connectivity index (χ1n) is 8.56. The molecule has 142 valence electrons. The molecule has 7 nitrogen and oxygen atoms in total. The summed E-state index contributed by atoms with van der Waals surface area (Å²) in [5.41, 5.74) is 2.15. The maximum atomic E-state index is 11.4. The van der Waals surface area contributed by atoms with E-state index in [1.807, 2.05) is 42.3 Å². The number of carbonyl (C=O) groups is 1. The molecule has 0 atom stereocenters. The van der Waals surface area contributed by atoms with Crippen LogP contribution in [0.2, 0.25) is 0 Å². The lowest BCUT2D eigenvalue weighted by molar-refractivity contribution is -0.384. The molecular weight excluding hydrogens is 346 g/mol. The number of nitrogens with zero attached hydrogens (tertiary/aromatic N) is 2. The standard InChI is InChI=1S/C20H23N3O4/c1-22(14-6-13-21-17-7-4-3-5-8-17)18-11-9-16(10-12-20(24)27-2)15-19(18)23(25)26/h3-5,7-12,15,21H,6,13-14H2,1-2H3/b12-10-. The highest BCUT2D eigenvalue weighted by atomic mass is 16.6. The van der Waals surface area contributed by atoms with Crippen LogP contribution in [-0.2, 0) is 9.53 Å². The molecule has 2 aromatic carbocycles. The maximum absolute atomic E-state index is 11.4. The number of methoxy groups -OCH3 is 1. The zero-order chi connectivity index (χ0) is 19.6. The van der Waals surface area contributed by atoms with Crippen molar-refractivity contribution in [1.29, 1.82) is 0 Å². The van der Waals surface area contributed by atoms with Gasteiger partial charge in [0.25, 0.3) is 5.69 Å². The highest BCUT2D eigenvalue weighted by Crippen LogP contribution is 2.29. The molecule has 1 N–H and O–H groups in total. The van der Waals surface area contributed by atoms with E-state index in [9.17, 15) is 14.9 Å². The van der Waals surface area contributed by atoms with Crippen LogP contribution in [0.4, 0.5) is 17.1 Å². The molecule has 0 aliphatic heterocycles. The minimum absolute atomic E-state index is 0.000495. The molecular formula is C20H23N3O4. The molecule has 0 spiro atoms. The Hall–Kier alpha value is -3.35. The van der Waals surface area contributed by atoms with Gasteiger partial charge in [0.2, 0.25) is 0 Å². The maximum Gasteiger partial charge on any atom is 0.330 e. The lowest BCUT2D eigenvalue weighted by Crippen LogP contribution is -2.21. The van der Waals surface area contributed by atoms with Crippen molar-refractivity contribution in [2.45, 2.75) is 6.42 Å². The third kappa shape index (κ3) is 6.14. The first-order valence-corrected chi connectivity index (χ1v) is 8.56. The van der Waals surface area contributed by atoms with Crippen LogP contribution in [0.25, 0.3) is 6.08 Å². The summed E-state index contributed by atoms with van der Waals surface area (Å²) in [5.74, 6) is -0.509. The summed E-state index contributed by atoms with van der Waals surface area (Å²) in [6.45, 7) is 1.43. The van der Waals surface area contributed by atoms with E-state index in [2.05, 4.69) is 10.1 Å². The van der Waals surface area contributed by atoms with E-state index in [4.69, 9.17) is 0 Å². The van der Waals surface area contributed by atoms with Crippen LogP contribution in [0, 0.1) is 10.1 Å².